The first-order chi connectivity index (χ1) is 12.0. The summed E-state index contributed by atoms with van der Waals surface area (Å²) in [6, 6.07) is 11.2. The van der Waals surface area contributed by atoms with Gasteiger partial charge in [-0.05, 0) is 59.7 Å². The lowest BCUT2D eigenvalue weighted by Crippen LogP contribution is -2.27. The molecule has 0 spiro atoms. The summed E-state index contributed by atoms with van der Waals surface area (Å²) >= 11 is 0. The molecule has 7 heteroatoms. The normalized spacial score (nSPS) is 10.6. The Morgan fingerprint density at radius 2 is 1.96 bits per heavy atom. The van der Waals surface area contributed by atoms with Crippen LogP contribution in [0.15, 0.2) is 42.7 Å². The highest BCUT2D eigenvalue weighted by atomic mass is 16.5. The van der Waals surface area contributed by atoms with Crippen molar-refractivity contribution in [1.82, 2.24) is 20.2 Å². The Hall–Kier alpha value is -3.22. The van der Waals surface area contributed by atoms with Gasteiger partial charge in [-0.25, -0.2) is 0 Å². The lowest BCUT2D eigenvalue weighted by atomic mass is 10.1. The summed E-state index contributed by atoms with van der Waals surface area (Å²) in [6.45, 7) is 3.99. The number of anilines is 1. The topological polar surface area (TPSA) is 73.1 Å². The molecule has 0 N–H and O–H groups in total. The average Bonchev–Trinajstić information content (AvgIpc) is 3.16. The van der Waals surface area contributed by atoms with Gasteiger partial charge in [-0.3, -0.25) is 4.79 Å². The van der Waals surface area contributed by atoms with Crippen LogP contribution in [-0.2, 0) is 0 Å². The highest BCUT2D eigenvalue weighted by Gasteiger charge is 2.18. The van der Waals surface area contributed by atoms with Crippen molar-refractivity contribution in [3.8, 4) is 11.4 Å². The molecule has 1 amide bonds. The standard InChI is InChI=1S/C18H19N5O2/c1-12-5-6-13(2)15(9-12)22(3)18(24)14-7-8-17(25-4)16(10-14)23-11-19-20-21-23/h5-11H,1-4H3. The molecule has 0 bridgehead atoms. The number of carbonyl (C=O) groups excluding carboxylic acids is 1. The Morgan fingerprint density at radius 3 is 2.64 bits per heavy atom. The van der Waals surface area contributed by atoms with E-state index in [0.717, 1.165) is 16.8 Å². The molecule has 0 saturated carbocycles. The third kappa shape index (κ3) is 3.21. The predicted octanol–water partition coefficient (Wildman–Crippen LogP) is 2.56. The highest BCUT2D eigenvalue weighted by molar-refractivity contribution is 6.06. The number of aryl methyl sites for hydroxylation is 2. The molecule has 0 aliphatic carbocycles. The van der Waals surface area contributed by atoms with E-state index in [1.807, 2.05) is 32.0 Å². The van der Waals surface area contributed by atoms with Crippen LogP contribution in [0.25, 0.3) is 5.69 Å². The molecule has 3 rings (SSSR count). The van der Waals surface area contributed by atoms with Gasteiger partial charge in [0.25, 0.3) is 5.91 Å². The van der Waals surface area contributed by atoms with E-state index in [4.69, 9.17) is 4.74 Å². The lowest BCUT2D eigenvalue weighted by molar-refractivity contribution is 0.0993. The molecule has 0 unspecified atom stereocenters. The number of tetrazole rings is 1. The van der Waals surface area contributed by atoms with Crippen molar-refractivity contribution in [3.63, 3.8) is 0 Å². The van der Waals surface area contributed by atoms with Crippen molar-refractivity contribution in [2.45, 2.75) is 13.8 Å². The number of carbonyl (C=O) groups is 1. The van der Waals surface area contributed by atoms with Gasteiger partial charge in [0.15, 0.2) is 0 Å². The van der Waals surface area contributed by atoms with Crippen LogP contribution in [0.5, 0.6) is 5.75 Å². The van der Waals surface area contributed by atoms with Crippen molar-refractivity contribution >= 4 is 11.6 Å². The first-order valence-electron chi connectivity index (χ1n) is 7.78. The van der Waals surface area contributed by atoms with E-state index >= 15 is 0 Å². The van der Waals surface area contributed by atoms with E-state index in [1.54, 1.807) is 37.3 Å². The van der Waals surface area contributed by atoms with Crippen molar-refractivity contribution < 1.29 is 9.53 Å². The number of nitrogens with zero attached hydrogens (tertiary/aromatic N) is 5. The van der Waals surface area contributed by atoms with Gasteiger partial charge in [-0.2, -0.15) is 4.68 Å². The minimum Gasteiger partial charge on any atom is -0.494 e. The fourth-order valence-corrected chi connectivity index (χ4v) is 2.66. The van der Waals surface area contributed by atoms with Crippen molar-refractivity contribution in [2.24, 2.45) is 0 Å². The quantitative estimate of drug-likeness (QED) is 0.731. The number of amides is 1. The molecule has 0 aliphatic rings. The van der Waals surface area contributed by atoms with Crippen molar-refractivity contribution in [2.75, 3.05) is 19.1 Å². The number of ether oxygens (including phenoxy) is 1. The van der Waals surface area contributed by atoms with Crippen LogP contribution in [0.4, 0.5) is 5.69 Å². The van der Waals surface area contributed by atoms with Gasteiger partial charge >= 0.3 is 0 Å². The number of aromatic nitrogens is 4. The molecule has 1 heterocycles. The molecule has 3 aromatic rings. The van der Waals surface area contributed by atoms with Gasteiger partial charge in [0.1, 0.15) is 17.8 Å². The van der Waals surface area contributed by atoms with E-state index < -0.39 is 0 Å². The van der Waals surface area contributed by atoms with Gasteiger partial charge in [-0.15, -0.1) is 5.10 Å². The van der Waals surface area contributed by atoms with Crippen molar-refractivity contribution in [3.05, 3.63) is 59.4 Å². The lowest BCUT2D eigenvalue weighted by Gasteiger charge is -2.21. The van der Waals surface area contributed by atoms with Crippen molar-refractivity contribution in [1.29, 1.82) is 0 Å². The highest BCUT2D eigenvalue weighted by Crippen LogP contribution is 2.26. The number of rotatable bonds is 4. The number of benzene rings is 2. The van der Waals surface area contributed by atoms with E-state index in [2.05, 4.69) is 15.5 Å². The summed E-state index contributed by atoms with van der Waals surface area (Å²) in [6.07, 6.45) is 1.46. The fraction of sp³-hybridized carbons (Fsp3) is 0.222. The molecular formula is C18H19N5O2. The zero-order valence-electron chi connectivity index (χ0n) is 14.6. The molecule has 0 saturated heterocycles. The summed E-state index contributed by atoms with van der Waals surface area (Å²) in [5, 5.41) is 11.1. The Morgan fingerprint density at radius 1 is 1.16 bits per heavy atom. The average molecular weight is 337 g/mol. The van der Waals surface area contributed by atoms with Gasteiger partial charge in [-0.1, -0.05) is 12.1 Å². The first-order valence-corrected chi connectivity index (χ1v) is 7.78. The Balaban J connectivity index is 2.00. The largest absolute Gasteiger partial charge is 0.494 e. The van der Waals surface area contributed by atoms with E-state index in [0.29, 0.717) is 17.0 Å². The Labute approximate surface area is 145 Å². The predicted molar refractivity (Wildman–Crippen MR) is 94.4 cm³/mol. The van der Waals surface area contributed by atoms with Crippen LogP contribution < -0.4 is 9.64 Å². The number of hydrogen-bond donors (Lipinski definition) is 0. The Kier molecular flexibility index (Phi) is 4.47. The maximum atomic E-state index is 13.0. The minimum absolute atomic E-state index is 0.120. The maximum Gasteiger partial charge on any atom is 0.258 e. The molecule has 128 valence electrons. The summed E-state index contributed by atoms with van der Waals surface area (Å²) in [7, 11) is 3.33. The summed E-state index contributed by atoms with van der Waals surface area (Å²) < 4.78 is 6.81. The first kappa shape index (κ1) is 16.6. The van der Waals surface area contributed by atoms with Crippen LogP contribution >= 0.6 is 0 Å². The molecule has 25 heavy (non-hydrogen) atoms. The third-order valence-corrected chi connectivity index (χ3v) is 4.05. The van der Waals surface area contributed by atoms with Crippen LogP contribution in [-0.4, -0.2) is 40.3 Å². The second-order valence-corrected chi connectivity index (χ2v) is 5.80. The third-order valence-electron chi connectivity index (χ3n) is 4.05. The number of methoxy groups -OCH3 is 1. The molecule has 7 nitrogen and oxygen atoms in total. The van der Waals surface area contributed by atoms with Crippen LogP contribution in [0.3, 0.4) is 0 Å². The minimum atomic E-state index is -0.120. The Bertz CT molecular complexity index is 906. The summed E-state index contributed by atoms with van der Waals surface area (Å²) in [4.78, 5) is 14.6. The molecular weight excluding hydrogens is 318 g/mol. The fourth-order valence-electron chi connectivity index (χ4n) is 2.66. The zero-order chi connectivity index (χ0) is 18.0. The zero-order valence-corrected chi connectivity index (χ0v) is 14.6. The summed E-state index contributed by atoms with van der Waals surface area (Å²) in [5.74, 6) is 0.462. The molecule has 0 atom stereocenters. The molecule has 1 aromatic heterocycles. The molecule has 0 aliphatic heterocycles. The monoisotopic (exact) mass is 337 g/mol. The van der Waals surface area contributed by atoms with Crippen LogP contribution in [0.2, 0.25) is 0 Å². The van der Waals surface area contributed by atoms with Crippen LogP contribution in [0.1, 0.15) is 21.5 Å². The SMILES string of the molecule is COc1ccc(C(=O)N(C)c2cc(C)ccc2C)cc1-n1cnnn1. The number of hydrogen-bond acceptors (Lipinski definition) is 5. The van der Waals surface area contributed by atoms with Gasteiger partial charge in [0, 0.05) is 18.3 Å². The van der Waals surface area contributed by atoms with Gasteiger partial charge in [0.2, 0.25) is 0 Å². The van der Waals surface area contributed by atoms with E-state index in [9.17, 15) is 4.79 Å². The van der Waals surface area contributed by atoms with E-state index in [1.165, 1.54) is 11.0 Å². The molecule has 0 fully saturated rings. The van der Waals surface area contributed by atoms with Gasteiger partial charge < -0.3 is 9.64 Å². The van der Waals surface area contributed by atoms with E-state index in [-0.39, 0.29) is 5.91 Å². The molecule has 2 aromatic carbocycles. The van der Waals surface area contributed by atoms with Gasteiger partial charge in [0.05, 0.1) is 7.11 Å². The maximum absolute atomic E-state index is 13.0. The second kappa shape index (κ2) is 6.72. The summed E-state index contributed by atoms with van der Waals surface area (Å²) in [5.41, 5.74) is 4.15. The second-order valence-electron chi connectivity index (χ2n) is 5.80. The van der Waals surface area contributed by atoms with Crippen LogP contribution in [0, 0.1) is 13.8 Å². The smallest absolute Gasteiger partial charge is 0.258 e. The molecule has 0 radical (unpaired) electrons.